The fourth-order valence-corrected chi connectivity index (χ4v) is 3.35. The molecular weight excluding hydrogens is 364 g/mol. The van der Waals surface area contributed by atoms with Crippen LogP contribution in [0.1, 0.15) is 12.6 Å². The number of hydrogen-bond donors (Lipinski definition) is 1. The Labute approximate surface area is 158 Å². The summed E-state index contributed by atoms with van der Waals surface area (Å²) in [6.07, 6.45) is 1.62. The molecule has 0 bridgehead atoms. The highest BCUT2D eigenvalue weighted by Crippen LogP contribution is 2.25. The largest absolute Gasteiger partial charge is 0.494 e. The molecule has 1 heterocycles. The smallest absolute Gasteiger partial charge is 0.240 e. The van der Waals surface area contributed by atoms with Crippen molar-refractivity contribution in [3.8, 4) is 17.2 Å². The third-order valence-corrected chi connectivity index (χ3v) is 5.09. The van der Waals surface area contributed by atoms with Crippen LogP contribution in [-0.2, 0) is 16.6 Å². The molecule has 0 unspecified atom stereocenters. The van der Waals surface area contributed by atoms with Gasteiger partial charge in [0.2, 0.25) is 10.0 Å². The second kappa shape index (κ2) is 8.66. The summed E-state index contributed by atoms with van der Waals surface area (Å²) in [5, 5.41) is 0. The summed E-state index contributed by atoms with van der Waals surface area (Å²) < 4.78 is 38.4. The molecule has 0 fully saturated rings. The van der Waals surface area contributed by atoms with Crippen molar-refractivity contribution in [3.63, 3.8) is 0 Å². The van der Waals surface area contributed by atoms with Crippen LogP contribution in [0.2, 0.25) is 0 Å². The number of ether oxygens (including phenoxy) is 2. The SMILES string of the molecule is CCOc1ccc(Oc2ccc(S(=O)(=O)NCc3ccccn3)cc2)cc1. The quantitative estimate of drug-likeness (QED) is 0.640. The highest BCUT2D eigenvalue weighted by molar-refractivity contribution is 7.89. The van der Waals surface area contributed by atoms with Gasteiger partial charge in [0, 0.05) is 6.20 Å². The normalized spacial score (nSPS) is 11.1. The van der Waals surface area contributed by atoms with Crippen LogP contribution in [0.25, 0.3) is 0 Å². The Morgan fingerprint density at radius 1 is 0.889 bits per heavy atom. The van der Waals surface area contributed by atoms with E-state index < -0.39 is 10.0 Å². The van der Waals surface area contributed by atoms with Gasteiger partial charge in [-0.25, -0.2) is 13.1 Å². The summed E-state index contributed by atoms with van der Waals surface area (Å²) in [4.78, 5) is 4.26. The monoisotopic (exact) mass is 384 g/mol. The van der Waals surface area contributed by atoms with Crippen molar-refractivity contribution in [2.45, 2.75) is 18.4 Å². The predicted molar refractivity (Wildman–Crippen MR) is 102 cm³/mol. The second-order valence-corrected chi connectivity index (χ2v) is 7.39. The molecule has 140 valence electrons. The van der Waals surface area contributed by atoms with Crippen molar-refractivity contribution >= 4 is 10.0 Å². The molecule has 6 nitrogen and oxygen atoms in total. The van der Waals surface area contributed by atoms with E-state index in [0.29, 0.717) is 23.8 Å². The van der Waals surface area contributed by atoms with Crippen LogP contribution in [0.3, 0.4) is 0 Å². The van der Waals surface area contributed by atoms with Gasteiger partial charge in [0.05, 0.1) is 23.7 Å². The first-order valence-corrected chi connectivity index (χ1v) is 9.95. The molecule has 0 aliphatic heterocycles. The van der Waals surface area contributed by atoms with Crippen molar-refractivity contribution in [1.29, 1.82) is 0 Å². The molecule has 0 aliphatic carbocycles. The number of aromatic nitrogens is 1. The molecule has 2 aromatic carbocycles. The summed E-state index contributed by atoms with van der Waals surface area (Å²) in [6, 6.07) is 18.8. The summed E-state index contributed by atoms with van der Waals surface area (Å²) in [5.74, 6) is 1.95. The summed E-state index contributed by atoms with van der Waals surface area (Å²) >= 11 is 0. The molecule has 3 aromatic rings. The van der Waals surface area contributed by atoms with Crippen LogP contribution >= 0.6 is 0 Å². The lowest BCUT2D eigenvalue weighted by molar-refractivity contribution is 0.339. The Balaban J connectivity index is 1.63. The molecule has 0 atom stereocenters. The number of rotatable bonds is 8. The van der Waals surface area contributed by atoms with Gasteiger partial charge < -0.3 is 9.47 Å². The van der Waals surface area contributed by atoms with Gasteiger partial charge in [-0.2, -0.15) is 0 Å². The zero-order valence-electron chi connectivity index (χ0n) is 14.8. The number of nitrogens with one attached hydrogen (secondary N) is 1. The number of hydrogen-bond acceptors (Lipinski definition) is 5. The van der Waals surface area contributed by atoms with Crippen LogP contribution in [0.15, 0.2) is 77.8 Å². The molecule has 1 aromatic heterocycles. The number of nitrogens with zero attached hydrogens (tertiary/aromatic N) is 1. The Morgan fingerprint density at radius 2 is 1.52 bits per heavy atom. The van der Waals surface area contributed by atoms with Crippen LogP contribution in [0.5, 0.6) is 17.2 Å². The second-order valence-electron chi connectivity index (χ2n) is 5.62. The van der Waals surface area contributed by atoms with E-state index in [9.17, 15) is 8.42 Å². The molecule has 0 radical (unpaired) electrons. The first-order valence-electron chi connectivity index (χ1n) is 8.47. The Bertz CT molecular complexity index is 957. The van der Waals surface area contributed by atoms with Gasteiger partial charge in [-0.15, -0.1) is 0 Å². The van der Waals surface area contributed by atoms with Crippen LogP contribution in [0.4, 0.5) is 0 Å². The molecule has 0 aliphatic rings. The van der Waals surface area contributed by atoms with Crippen molar-refractivity contribution in [2.75, 3.05) is 6.61 Å². The lowest BCUT2D eigenvalue weighted by Gasteiger charge is -2.09. The van der Waals surface area contributed by atoms with Crippen molar-refractivity contribution in [3.05, 3.63) is 78.6 Å². The van der Waals surface area contributed by atoms with Gasteiger partial charge in [-0.05, 0) is 67.6 Å². The lowest BCUT2D eigenvalue weighted by Crippen LogP contribution is -2.23. The number of benzene rings is 2. The van der Waals surface area contributed by atoms with E-state index in [1.807, 2.05) is 25.1 Å². The van der Waals surface area contributed by atoms with Crippen molar-refractivity contribution in [2.24, 2.45) is 0 Å². The van der Waals surface area contributed by atoms with Crippen molar-refractivity contribution < 1.29 is 17.9 Å². The molecular formula is C20H20N2O4S. The van der Waals surface area contributed by atoms with E-state index in [1.54, 1.807) is 42.6 Å². The number of pyridine rings is 1. The molecule has 3 rings (SSSR count). The van der Waals surface area contributed by atoms with Crippen molar-refractivity contribution in [1.82, 2.24) is 9.71 Å². The molecule has 0 saturated carbocycles. The van der Waals surface area contributed by atoms with Gasteiger partial charge in [-0.1, -0.05) is 6.07 Å². The van der Waals surface area contributed by atoms with Gasteiger partial charge in [0.25, 0.3) is 0 Å². The fourth-order valence-electron chi connectivity index (χ4n) is 2.35. The summed E-state index contributed by atoms with van der Waals surface area (Å²) in [6.45, 7) is 2.66. The van der Waals surface area contributed by atoms with E-state index in [-0.39, 0.29) is 11.4 Å². The Kier molecular flexibility index (Phi) is 6.05. The first-order chi connectivity index (χ1) is 13.1. The summed E-state index contributed by atoms with van der Waals surface area (Å²) in [5.41, 5.74) is 0.650. The fraction of sp³-hybridized carbons (Fsp3) is 0.150. The average Bonchev–Trinajstić information content (AvgIpc) is 2.69. The maximum absolute atomic E-state index is 12.4. The van der Waals surface area contributed by atoms with Gasteiger partial charge in [0.15, 0.2) is 0 Å². The van der Waals surface area contributed by atoms with Crippen LogP contribution < -0.4 is 14.2 Å². The molecule has 0 amide bonds. The highest BCUT2D eigenvalue weighted by Gasteiger charge is 2.14. The van der Waals surface area contributed by atoms with Crippen LogP contribution in [0, 0.1) is 0 Å². The van der Waals surface area contributed by atoms with E-state index in [2.05, 4.69) is 9.71 Å². The van der Waals surface area contributed by atoms with Gasteiger partial charge >= 0.3 is 0 Å². The van der Waals surface area contributed by atoms with E-state index >= 15 is 0 Å². The van der Waals surface area contributed by atoms with Crippen LogP contribution in [-0.4, -0.2) is 20.0 Å². The molecule has 27 heavy (non-hydrogen) atoms. The third kappa shape index (κ3) is 5.29. The Hall–Kier alpha value is -2.90. The zero-order valence-corrected chi connectivity index (χ0v) is 15.6. The number of sulfonamides is 1. The zero-order chi connectivity index (χ0) is 19.1. The molecule has 1 N–H and O–H groups in total. The predicted octanol–water partition coefficient (Wildman–Crippen LogP) is 3.75. The lowest BCUT2D eigenvalue weighted by atomic mass is 10.3. The maximum atomic E-state index is 12.4. The highest BCUT2D eigenvalue weighted by atomic mass is 32.2. The third-order valence-electron chi connectivity index (χ3n) is 3.67. The molecule has 7 heteroatoms. The first kappa shape index (κ1) is 18.9. The molecule has 0 saturated heterocycles. The minimum atomic E-state index is -3.62. The van der Waals surface area contributed by atoms with Gasteiger partial charge in [0.1, 0.15) is 17.2 Å². The van der Waals surface area contributed by atoms with E-state index in [0.717, 1.165) is 5.75 Å². The van der Waals surface area contributed by atoms with Gasteiger partial charge in [-0.3, -0.25) is 4.98 Å². The minimum Gasteiger partial charge on any atom is -0.494 e. The standard InChI is InChI=1S/C20H20N2O4S/c1-2-25-17-6-8-18(9-7-17)26-19-10-12-20(13-11-19)27(23,24)22-15-16-5-3-4-14-21-16/h3-14,22H,2,15H2,1H3. The molecule has 0 spiro atoms. The topological polar surface area (TPSA) is 77.5 Å². The summed E-state index contributed by atoms with van der Waals surface area (Å²) in [7, 11) is -3.62. The Morgan fingerprint density at radius 3 is 2.11 bits per heavy atom. The van der Waals surface area contributed by atoms with E-state index in [4.69, 9.17) is 9.47 Å². The van der Waals surface area contributed by atoms with E-state index in [1.165, 1.54) is 12.1 Å². The minimum absolute atomic E-state index is 0.133. The average molecular weight is 384 g/mol. The maximum Gasteiger partial charge on any atom is 0.240 e.